The van der Waals surface area contributed by atoms with E-state index in [1.807, 2.05) is 29.2 Å². The van der Waals surface area contributed by atoms with Crippen LogP contribution in [-0.4, -0.2) is 48.2 Å². The molecule has 1 aromatic heterocycles. The zero-order valence-corrected chi connectivity index (χ0v) is 15.3. The molecule has 0 saturated carbocycles. The van der Waals surface area contributed by atoms with Crippen LogP contribution in [0.2, 0.25) is 0 Å². The van der Waals surface area contributed by atoms with Crippen molar-refractivity contribution in [1.29, 1.82) is 0 Å². The van der Waals surface area contributed by atoms with E-state index < -0.39 is 0 Å². The minimum Gasteiger partial charge on any atom is -0.496 e. The predicted molar refractivity (Wildman–Crippen MR) is 96.9 cm³/mol. The Kier molecular flexibility index (Phi) is 4.39. The Morgan fingerprint density at radius 2 is 2.08 bits per heavy atom. The second-order valence-corrected chi connectivity index (χ2v) is 7.65. The lowest BCUT2D eigenvalue weighted by Gasteiger charge is -2.23. The van der Waals surface area contributed by atoms with E-state index in [0.29, 0.717) is 6.54 Å². The summed E-state index contributed by atoms with van der Waals surface area (Å²) in [6.07, 6.45) is -0.254. The van der Waals surface area contributed by atoms with E-state index in [9.17, 15) is 4.79 Å². The molecular formula is C19H22N2O3S. The van der Waals surface area contributed by atoms with Gasteiger partial charge in [0.05, 0.1) is 19.7 Å². The molecule has 132 valence electrons. The molecule has 2 saturated heterocycles. The lowest BCUT2D eigenvalue weighted by molar-refractivity contribution is 0.119. The smallest absolute Gasteiger partial charge is 0.410 e. The van der Waals surface area contributed by atoms with Crippen molar-refractivity contribution in [2.24, 2.45) is 0 Å². The Bertz CT molecular complexity index is 776. The van der Waals surface area contributed by atoms with Crippen molar-refractivity contribution in [1.82, 2.24) is 9.80 Å². The van der Waals surface area contributed by atoms with Gasteiger partial charge >= 0.3 is 6.09 Å². The second-order valence-electron chi connectivity index (χ2n) is 6.65. The number of aryl methyl sites for hydroxylation is 1. The molecular weight excluding hydrogens is 336 g/mol. The molecule has 2 aliphatic heterocycles. The van der Waals surface area contributed by atoms with Gasteiger partial charge in [0.25, 0.3) is 0 Å². The van der Waals surface area contributed by atoms with Gasteiger partial charge in [0.2, 0.25) is 0 Å². The molecule has 2 aromatic rings. The summed E-state index contributed by atoms with van der Waals surface area (Å²) in [4.78, 5) is 17.9. The molecule has 1 amide bonds. The standard InChI is InChI=1S/C19H22N2O3S/c1-13-7-8-25-18(13)12-20-10-15-17(11-20)24-19(22)21(15)9-14-5-3-4-6-16(14)23-2/h3-8,15,17H,9-12H2,1-2H3/t15-,17+/m1/s1. The quantitative estimate of drug-likeness (QED) is 0.823. The third-order valence-electron chi connectivity index (χ3n) is 5.07. The number of likely N-dealkylation sites (tertiary alicyclic amines) is 1. The van der Waals surface area contributed by atoms with Crippen LogP contribution in [0.5, 0.6) is 5.75 Å². The number of hydrogen-bond acceptors (Lipinski definition) is 5. The number of benzene rings is 1. The molecule has 2 aliphatic rings. The molecule has 2 atom stereocenters. The Labute approximate surface area is 151 Å². The number of thiophene rings is 1. The summed E-state index contributed by atoms with van der Waals surface area (Å²) in [5.74, 6) is 0.808. The molecule has 6 heteroatoms. The van der Waals surface area contributed by atoms with E-state index in [4.69, 9.17) is 9.47 Å². The number of rotatable bonds is 5. The molecule has 1 aromatic carbocycles. The molecule has 0 unspecified atom stereocenters. The van der Waals surface area contributed by atoms with Crippen molar-refractivity contribution in [3.63, 3.8) is 0 Å². The summed E-state index contributed by atoms with van der Waals surface area (Å²) in [6, 6.07) is 10.1. The Balaban J connectivity index is 1.47. The van der Waals surface area contributed by atoms with E-state index in [2.05, 4.69) is 23.3 Å². The van der Waals surface area contributed by atoms with Crippen LogP contribution in [0.25, 0.3) is 0 Å². The van der Waals surface area contributed by atoms with Gasteiger partial charge in [-0.05, 0) is 30.0 Å². The highest BCUT2D eigenvalue weighted by Crippen LogP contribution is 2.31. The SMILES string of the molecule is COc1ccccc1CN1C(=O)O[C@H]2CN(Cc3sccc3C)C[C@H]21. The van der Waals surface area contributed by atoms with Gasteiger partial charge in [-0.3, -0.25) is 9.80 Å². The van der Waals surface area contributed by atoms with Gasteiger partial charge in [0, 0.05) is 30.1 Å². The maximum atomic E-state index is 12.3. The summed E-state index contributed by atoms with van der Waals surface area (Å²) in [7, 11) is 1.66. The summed E-state index contributed by atoms with van der Waals surface area (Å²) in [5, 5.41) is 2.13. The number of fused-ring (bicyclic) bond motifs is 1. The number of para-hydroxylation sites is 1. The molecule has 25 heavy (non-hydrogen) atoms. The molecule has 0 N–H and O–H groups in total. The average molecular weight is 358 g/mol. The highest BCUT2D eigenvalue weighted by Gasteiger charge is 2.47. The van der Waals surface area contributed by atoms with Gasteiger partial charge < -0.3 is 9.47 Å². The van der Waals surface area contributed by atoms with Crippen molar-refractivity contribution < 1.29 is 14.3 Å². The molecule has 0 bridgehead atoms. The van der Waals surface area contributed by atoms with Gasteiger partial charge in [0.1, 0.15) is 11.9 Å². The van der Waals surface area contributed by atoms with E-state index >= 15 is 0 Å². The first-order valence-corrected chi connectivity index (χ1v) is 9.38. The number of methoxy groups -OCH3 is 1. The van der Waals surface area contributed by atoms with Crippen LogP contribution >= 0.6 is 11.3 Å². The highest BCUT2D eigenvalue weighted by atomic mass is 32.1. The normalized spacial score (nSPS) is 23.0. The van der Waals surface area contributed by atoms with Crippen LogP contribution < -0.4 is 4.74 Å². The Morgan fingerprint density at radius 3 is 2.84 bits per heavy atom. The maximum absolute atomic E-state index is 12.3. The van der Waals surface area contributed by atoms with Crippen molar-refractivity contribution in [2.75, 3.05) is 20.2 Å². The first-order chi connectivity index (χ1) is 12.2. The zero-order chi connectivity index (χ0) is 17.4. The highest BCUT2D eigenvalue weighted by molar-refractivity contribution is 7.10. The largest absolute Gasteiger partial charge is 0.496 e. The monoisotopic (exact) mass is 358 g/mol. The van der Waals surface area contributed by atoms with Gasteiger partial charge in [-0.2, -0.15) is 0 Å². The van der Waals surface area contributed by atoms with E-state index in [0.717, 1.165) is 30.9 Å². The van der Waals surface area contributed by atoms with Crippen LogP contribution in [0, 0.1) is 6.92 Å². The van der Waals surface area contributed by atoms with E-state index in [1.54, 1.807) is 18.4 Å². The van der Waals surface area contributed by atoms with Crippen LogP contribution in [0.1, 0.15) is 16.0 Å². The molecule has 0 spiro atoms. The number of carbonyl (C=O) groups is 1. The number of nitrogens with zero attached hydrogens (tertiary/aromatic N) is 2. The summed E-state index contributed by atoms with van der Waals surface area (Å²) < 4.78 is 11.0. The molecule has 0 aliphatic carbocycles. The number of amides is 1. The molecule has 3 heterocycles. The molecule has 5 nitrogen and oxygen atoms in total. The molecule has 0 radical (unpaired) electrons. The number of ether oxygens (including phenoxy) is 2. The maximum Gasteiger partial charge on any atom is 0.410 e. The fraction of sp³-hybridized carbons (Fsp3) is 0.421. The third-order valence-corrected chi connectivity index (χ3v) is 6.08. The minimum absolute atomic E-state index is 0.0394. The van der Waals surface area contributed by atoms with Crippen LogP contribution in [0.4, 0.5) is 4.79 Å². The molecule has 2 fully saturated rings. The van der Waals surface area contributed by atoms with Crippen LogP contribution in [0.3, 0.4) is 0 Å². The first-order valence-electron chi connectivity index (χ1n) is 8.50. The van der Waals surface area contributed by atoms with Crippen molar-refractivity contribution in [2.45, 2.75) is 32.2 Å². The van der Waals surface area contributed by atoms with Crippen LogP contribution in [0.15, 0.2) is 35.7 Å². The topological polar surface area (TPSA) is 42.0 Å². The summed E-state index contributed by atoms with van der Waals surface area (Å²) >= 11 is 1.79. The minimum atomic E-state index is -0.215. The zero-order valence-electron chi connectivity index (χ0n) is 14.5. The Hall–Kier alpha value is -2.05. The second kappa shape index (κ2) is 6.69. The molecule has 4 rings (SSSR count). The fourth-order valence-corrected chi connectivity index (χ4v) is 4.63. The van der Waals surface area contributed by atoms with Gasteiger partial charge in [-0.15, -0.1) is 11.3 Å². The predicted octanol–water partition coefficient (Wildman–Crippen LogP) is 3.27. The van der Waals surface area contributed by atoms with E-state index in [1.165, 1.54) is 10.4 Å². The van der Waals surface area contributed by atoms with Gasteiger partial charge in [0.15, 0.2) is 0 Å². The first kappa shape index (κ1) is 16.4. The summed E-state index contributed by atoms with van der Waals surface area (Å²) in [5.41, 5.74) is 2.35. The van der Waals surface area contributed by atoms with Gasteiger partial charge in [-0.1, -0.05) is 18.2 Å². The van der Waals surface area contributed by atoms with Crippen molar-refractivity contribution >= 4 is 17.4 Å². The van der Waals surface area contributed by atoms with Gasteiger partial charge in [-0.25, -0.2) is 4.79 Å². The number of hydrogen-bond donors (Lipinski definition) is 0. The fourth-order valence-electron chi connectivity index (χ4n) is 3.68. The lowest BCUT2D eigenvalue weighted by atomic mass is 10.1. The van der Waals surface area contributed by atoms with Crippen LogP contribution in [-0.2, 0) is 17.8 Å². The average Bonchev–Trinajstić information content (AvgIpc) is 3.26. The van der Waals surface area contributed by atoms with Crippen molar-refractivity contribution in [3.8, 4) is 5.75 Å². The third kappa shape index (κ3) is 3.12. The van der Waals surface area contributed by atoms with E-state index in [-0.39, 0.29) is 18.2 Å². The lowest BCUT2D eigenvalue weighted by Crippen LogP contribution is -2.37. The Morgan fingerprint density at radius 1 is 1.24 bits per heavy atom. The van der Waals surface area contributed by atoms with Crippen molar-refractivity contribution in [3.05, 3.63) is 51.7 Å². The number of carbonyl (C=O) groups excluding carboxylic acids is 1. The summed E-state index contributed by atoms with van der Waals surface area (Å²) in [6.45, 7) is 5.25.